The standard InChI is InChI=1S/C77H132O6/c1-4-7-10-13-16-19-22-25-27-29-31-33-35-36-37-38-39-40-42-43-45-47-49-52-55-58-61-64-67-70-76(79)82-73-74(72-81-75(78)69-66-63-60-57-54-51-24-21-18-15-12-9-6-3)83-77(80)71-68-65-62-59-56-53-50-48-46-44-41-34-32-30-28-26-23-20-17-14-11-8-5-2/h7,10,16,19,25,27,30-33,36-37,39-40,43,45,49,52,74H,4-6,8-9,11-15,17-18,20-24,26,28-29,34-35,38,41-42,44,46-48,50-51,53-73H2,1-3H3/b10-7-,19-16-,27-25-,32-30-,33-31-,37-36-,40-39-,45-43-,52-49-. The Morgan fingerprint density at radius 2 is 0.470 bits per heavy atom. The lowest BCUT2D eigenvalue weighted by molar-refractivity contribution is -0.167. The highest BCUT2D eigenvalue weighted by atomic mass is 16.6. The quantitative estimate of drug-likeness (QED) is 0.0261. The van der Waals surface area contributed by atoms with Crippen molar-refractivity contribution in [3.05, 3.63) is 109 Å². The van der Waals surface area contributed by atoms with Crippen LogP contribution in [0.1, 0.15) is 342 Å². The third-order valence-electron chi connectivity index (χ3n) is 15.3. The molecule has 0 aliphatic carbocycles. The fourth-order valence-electron chi connectivity index (χ4n) is 9.99. The molecule has 1 atom stereocenters. The van der Waals surface area contributed by atoms with E-state index in [0.717, 1.165) is 122 Å². The number of hydrogen-bond donors (Lipinski definition) is 0. The van der Waals surface area contributed by atoms with Gasteiger partial charge in [0.1, 0.15) is 13.2 Å². The van der Waals surface area contributed by atoms with E-state index in [4.69, 9.17) is 14.2 Å². The molecule has 0 amide bonds. The summed E-state index contributed by atoms with van der Waals surface area (Å²) in [5.74, 6) is -0.897. The maximum absolute atomic E-state index is 13.0. The third-order valence-corrected chi connectivity index (χ3v) is 15.3. The fraction of sp³-hybridized carbons (Fsp3) is 0.727. The summed E-state index contributed by atoms with van der Waals surface area (Å²) in [7, 11) is 0. The van der Waals surface area contributed by atoms with Gasteiger partial charge in [0.15, 0.2) is 6.10 Å². The van der Waals surface area contributed by atoms with Crippen LogP contribution in [0.4, 0.5) is 0 Å². The van der Waals surface area contributed by atoms with E-state index in [-0.39, 0.29) is 31.1 Å². The predicted octanol–water partition coefficient (Wildman–Crippen LogP) is 24.6. The van der Waals surface area contributed by atoms with Crippen molar-refractivity contribution >= 4 is 17.9 Å². The van der Waals surface area contributed by atoms with Gasteiger partial charge in [-0.1, -0.05) is 323 Å². The topological polar surface area (TPSA) is 78.9 Å². The van der Waals surface area contributed by atoms with Gasteiger partial charge in [-0.15, -0.1) is 0 Å². The zero-order valence-corrected chi connectivity index (χ0v) is 54.7. The van der Waals surface area contributed by atoms with E-state index in [1.165, 1.54) is 180 Å². The van der Waals surface area contributed by atoms with Crippen molar-refractivity contribution in [3.8, 4) is 0 Å². The molecule has 1 unspecified atom stereocenters. The Bertz CT molecular complexity index is 1660. The Hall–Kier alpha value is -3.93. The van der Waals surface area contributed by atoms with Gasteiger partial charge < -0.3 is 14.2 Å². The first-order valence-electron chi connectivity index (χ1n) is 35.4. The summed E-state index contributed by atoms with van der Waals surface area (Å²) >= 11 is 0. The molecule has 0 rings (SSSR count). The van der Waals surface area contributed by atoms with Crippen LogP contribution in [-0.2, 0) is 28.6 Å². The molecule has 0 aromatic rings. The summed E-state index contributed by atoms with van der Waals surface area (Å²) in [5.41, 5.74) is 0. The summed E-state index contributed by atoms with van der Waals surface area (Å²) in [5, 5.41) is 0. The normalized spacial score (nSPS) is 12.8. The Labute approximate surface area is 514 Å². The molecule has 0 aliphatic rings. The molecule has 0 aromatic heterocycles. The molecule has 476 valence electrons. The molecule has 0 spiro atoms. The van der Waals surface area contributed by atoms with Crippen molar-refractivity contribution in [3.63, 3.8) is 0 Å². The number of carbonyl (C=O) groups excluding carboxylic acids is 3. The van der Waals surface area contributed by atoms with E-state index in [1.807, 2.05) is 0 Å². The molecule has 6 heteroatoms. The van der Waals surface area contributed by atoms with Crippen molar-refractivity contribution in [1.29, 1.82) is 0 Å². The molecular weight excluding hydrogens is 1020 g/mol. The van der Waals surface area contributed by atoms with Gasteiger partial charge in [0, 0.05) is 19.3 Å². The second-order valence-corrected chi connectivity index (χ2v) is 23.4. The van der Waals surface area contributed by atoms with Gasteiger partial charge >= 0.3 is 17.9 Å². The summed E-state index contributed by atoms with van der Waals surface area (Å²) in [6.07, 6.45) is 96.8. The van der Waals surface area contributed by atoms with Crippen LogP contribution in [0, 0.1) is 0 Å². The number of ether oxygens (including phenoxy) is 3. The average Bonchev–Trinajstić information content (AvgIpc) is 3.49. The van der Waals surface area contributed by atoms with Gasteiger partial charge in [0.2, 0.25) is 0 Å². The van der Waals surface area contributed by atoms with E-state index < -0.39 is 6.10 Å². The Balaban J connectivity index is 4.35. The molecule has 0 fully saturated rings. The first kappa shape index (κ1) is 79.1. The predicted molar refractivity (Wildman–Crippen MR) is 362 cm³/mol. The molecule has 83 heavy (non-hydrogen) atoms. The lowest BCUT2D eigenvalue weighted by Gasteiger charge is -2.18. The Morgan fingerprint density at radius 1 is 0.253 bits per heavy atom. The van der Waals surface area contributed by atoms with Gasteiger partial charge in [0.05, 0.1) is 0 Å². The number of hydrogen-bond acceptors (Lipinski definition) is 6. The Kier molecular flexibility index (Phi) is 67.2. The molecule has 0 aromatic carbocycles. The van der Waals surface area contributed by atoms with Crippen molar-refractivity contribution in [2.24, 2.45) is 0 Å². The van der Waals surface area contributed by atoms with Crippen LogP contribution in [0.25, 0.3) is 0 Å². The maximum Gasteiger partial charge on any atom is 0.306 e. The number of unbranched alkanes of at least 4 members (excludes halogenated alkanes) is 35. The van der Waals surface area contributed by atoms with Crippen LogP contribution >= 0.6 is 0 Å². The molecule has 0 saturated carbocycles. The summed E-state index contributed by atoms with van der Waals surface area (Å²) in [6, 6.07) is 0. The van der Waals surface area contributed by atoms with Gasteiger partial charge in [0.25, 0.3) is 0 Å². The molecular formula is C77H132O6. The minimum atomic E-state index is -0.790. The molecule has 0 bridgehead atoms. The number of esters is 3. The largest absolute Gasteiger partial charge is 0.462 e. The van der Waals surface area contributed by atoms with E-state index in [0.29, 0.717) is 19.3 Å². The first-order valence-corrected chi connectivity index (χ1v) is 35.4. The third kappa shape index (κ3) is 68.7. The monoisotopic (exact) mass is 1150 g/mol. The van der Waals surface area contributed by atoms with Crippen LogP contribution < -0.4 is 0 Å². The highest BCUT2D eigenvalue weighted by Crippen LogP contribution is 2.17. The van der Waals surface area contributed by atoms with Crippen LogP contribution in [0.3, 0.4) is 0 Å². The Morgan fingerprint density at radius 3 is 0.747 bits per heavy atom. The molecule has 0 saturated heterocycles. The minimum absolute atomic E-state index is 0.0838. The fourth-order valence-corrected chi connectivity index (χ4v) is 9.99. The zero-order chi connectivity index (χ0) is 59.9. The minimum Gasteiger partial charge on any atom is -0.462 e. The van der Waals surface area contributed by atoms with Crippen molar-refractivity contribution < 1.29 is 28.6 Å². The molecule has 6 nitrogen and oxygen atoms in total. The summed E-state index contributed by atoms with van der Waals surface area (Å²) in [4.78, 5) is 38.4. The van der Waals surface area contributed by atoms with E-state index in [1.54, 1.807) is 0 Å². The summed E-state index contributed by atoms with van der Waals surface area (Å²) < 4.78 is 17.0. The second-order valence-electron chi connectivity index (χ2n) is 23.4. The van der Waals surface area contributed by atoms with Crippen molar-refractivity contribution in [2.75, 3.05) is 13.2 Å². The van der Waals surface area contributed by atoms with Gasteiger partial charge in [-0.25, -0.2) is 0 Å². The van der Waals surface area contributed by atoms with Crippen molar-refractivity contribution in [2.45, 2.75) is 348 Å². The SMILES string of the molecule is CC/C=C\C/C=C\C/C=C\C/C=C\C/C=C\C/C=C\C/C=C\C/C=C\CCCCCCC(=O)OCC(COC(=O)CCCCCCCCCCCCCCC)OC(=O)CCCCCCCCCCCCC/C=C\CCCCCCCCCC. The maximum atomic E-state index is 13.0. The number of allylic oxidation sites excluding steroid dienone is 18. The van der Waals surface area contributed by atoms with Gasteiger partial charge in [-0.05, 0) is 109 Å². The second kappa shape index (κ2) is 70.6. The van der Waals surface area contributed by atoms with Crippen LogP contribution in [0.2, 0.25) is 0 Å². The van der Waals surface area contributed by atoms with E-state index in [2.05, 4.69) is 130 Å². The lowest BCUT2D eigenvalue weighted by atomic mass is 10.0. The van der Waals surface area contributed by atoms with Crippen molar-refractivity contribution in [1.82, 2.24) is 0 Å². The zero-order valence-electron chi connectivity index (χ0n) is 54.7. The summed E-state index contributed by atoms with van der Waals surface area (Å²) in [6.45, 7) is 6.54. The molecule has 0 heterocycles. The highest BCUT2D eigenvalue weighted by Gasteiger charge is 2.19. The van der Waals surface area contributed by atoms with Crippen LogP contribution in [0.5, 0.6) is 0 Å². The lowest BCUT2D eigenvalue weighted by Crippen LogP contribution is -2.30. The smallest absolute Gasteiger partial charge is 0.306 e. The van der Waals surface area contributed by atoms with E-state index >= 15 is 0 Å². The van der Waals surface area contributed by atoms with Gasteiger partial charge in [-0.3, -0.25) is 14.4 Å². The number of carbonyl (C=O) groups is 3. The first-order chi connectivity index (χ1) is 41.0. The number of rotatable bonds is 64. The van der Waals surface area contributed by atoms with E-state index in [9.17, 15) is 14.4 Å². The molecule has 0 aliphatic heterocycles. The highest BCUT2D eigenvalue weighted by molar-refractivity contribution is 5.71. The average molecular weight is 1150 g/mol. The molecule has 0 radical (unpaired) electrons. The molecule has 0 N–H and O–H groups in total. The van der Waals surface area contributed by atoms with Gasteiger partial charge in [-0.2, -0.15) is 0 Å². The van der Waals surface area contributed by atoms with Crippen LogP contribution in [0.15, 0.2) is 109 Å². The van der Waals surface area contributed by atoms with Crippen LogP contribution in [-0.4, -0.2) is 37.2 Å².